The van der Waals surface area contributed by atoms with Crippen molar-refractivity contribution in [3.05, 3.63) is 51.4 Å². The lowest BCUT2D eigenvalue weighted by Gasteiger charge is -2.17. The van der Waals surface area contributed by atoms with Crippen LogP contribution in [-0.4, -0.2) is 21.1 Å². The minimum absolute atomic E-state index is 0.121. The normalized spacial score (nSPS) is 10.5. The number of anilines is 1. The van der Waals surface area contributed by atoms with Crippen LogP contribution in [0.2, 0.25) is 10.0 Å². The average Bonchev–Trinajstić information content (AvgIpc) is 2.49. The number of aromatic nitrogens is 3. The monoisotopic (exact) mass is 339 g/mol. The molecule has 0 aliphatic heterocycles. The summed E-state index contributed by atoms with van der Waals surface area (Å²) in [4.78, 5) is 20.4. The van der Waals surface area contributed by atoms with E-state index in [-0.39, 0.29) is 5.95 Å². The predicted molar refractivity (Wildman–Crippen MR) is 89.2 cm³/mol. The number of hydrogen-bond donors (Lipinski definition) is 1. The molecule has 0 aliphatic rings. The Balaban J connectivity index is 2.63. The van der Waals surface area contributed by atoms with Gasteiger partial charge in [-0.2, -0.15) is 9.97 Å². The number of nitrogens with zero attached hydrogens (tertiary/aromatic N) is 4. The second-order valence-electron chi connectivity index (χ2n) is 4.44. The molecule has 1 aromatic carbocycles. The van der Waals surface area contributed by atoms with Crippen LogP contribution in [0, 0.1) is 0 Å². The molecule has 0 bridgehead atoms. The molecule has 6 nitrogen and oxygen atoms in total. The lowest BCUT2D eigenvalue weighted by Crippen LogP contribution is -2.36. The van der Waals surface area contributed by atoms with E-state index in [1.807, 2.05) is 6.92 Å². The maximum absolute atomic E-state index is 12.2. The zero-order valence-electron chi connectivity index (χ0n) is 12.0. The van der Waals surface area contributed by atoms with E-state index in [0.29, 0.717) is 34.5 Å². The quantitative estimate of drug-likeness (QED) is 0.514. The van der Waals surface area contributed by atoms with E-state index in [1.54, 1.807) is 24.3 Å². The Morgan fingerprint density at radius 1 is 1.36 bits per heavy atom. The van der Waals surface area contributed by atoms with E-state index in [4.69, 9.17) is 29.0 Å². The topological polar surface area (TPSA) is 77.0 Å². The van der Waals surface area contributed by atoms with Crippen LogP contribution in [0.3, 0.4) is 0 Å². The van der Waals surface area contributed by atoms with E-state index < -0.39 is 5.69 Å². The summed E-state index contributed by atoms with van der Waals surface area (Å²) in [5.74, 6) is 6.36. The summed E-state index contributed by atoms with van der Waals surface area (Å²) in [7, 11) is 0. The molecule has 0 aliphatic carbocycles. The van der Waals surface area contributed by atoms with Gasteiger partial charge >= 0.3 is 5.69 Å². The van der Waals surface area contributed by atoms with E-state index in [0.717, 1.165) is 0 Å². The minimum atomic E-state index is -0.437. The SMILES string of the molecule is C=CCN(N)c1nc(-c2ccc(Cl)c(Cl)c2)n(CC)c(=O)n1. The van der Waals surface area contributed by atoms with Gasteiger partial charge < -0.3 is 0 Å². The van der Waals surface area contributed by atoms with Crippen molar-refractivity contribution in [1.82, 2.24) is 14.5 Å². The number of hydrazine groups is 1. The highest BCUT2D eigenvalue weighted by Crippen LogP contribution is 2.27. The van der Waals surface area contributed by atoms with Crippen LogP contribution >= 0.6 is 23.2 Å². The number of benzene rings is 1. The van der Waals surface area contributed by atoms with Crippen LogP contribution < -0.4 is 16.5 Å². The molecule has 2 rings (SSSR count). The van der Waals surface area contributed by atoms with E-state index in [2.05, 4.69) is 16.5 Å². The van der Waals surface area contributed by atoms with Gasteiger partial charge in [0, 0.05) is 12.1 Å². The van der Waals surface area contributed by atoms with Crippen LogP contribution in [0.4, 0.5) is 5.95 Å². The Morgan fingerprint density at radius 3 is 2.68 bits per heavy atom. The number of hydrogen-bond acceptors (Lipinski definition) is 5. The molecule has 1 heterocycles. The first-order valence-corrected chi connectivity index (χ1v) is 7.31. The molecular formula is C14H15Cl2N5O. The van der Waals surface area contributed by atoms with Gasteiger partial charge in [0.15, 0.2) is 0 Å². The molecule has 8 heteroatoms. The van der Waals surface area contributed by atoms with Gasteiger partial charge in [0.1, 0.15) is 5.82 Å². The molecule has 0 radical (unpaired) electrons. The molecule has 22 heavy (non-hydrogen) atoms. The molecule has 0 unspecified atom stereocenters. The summed E-state index contributed by atoms with van der Waals surface area (Å²) < 4.78 is 1.44. The van der Waals surface area contributed by atoms with Crippen LogP contribution in [-0.2, 0) is 6.54 Å². The van der Waals surface area contributed by atoms with Crippen molar-refractivity contribution in [2.75, 3.05) is 11.6 Å². The van der Waals surface area contributed by atoms with Gasteiger partial charge in [-0.15, -0.1) is 6.58 Å². The second kappa shape index (κ2) is 6.91. The van der Waals surface area contributed by atoms with E-state index in [9.17, 15) is 4.79 Å². The van der Waals surface area contributed by atoms with Gasteiger partial charge in [0.25, 0.3) is 0 Å². The Labute approximate surface area is 137 Å². The lowest BCUT2D eigenvalue weighted by molar-refractivity contribution is 0.677. The first-order chi connectivity index (χ1) is 10.5. The number of halogens is 2. The largest absolute Gasteiger partial charge is 0.352 e. The molecule has 0 fully saturated rings. The van der Waals surface area contributed by atoms with Crippen molar-refractivity contribution in [2.24, 2.45) is 5.84 Å². The molecule has 2 aromatic rings. The summed E-state index contributed by atoms with van der Waals surface area (Å²) in [6, 6.07) is 5.03. The smallest absolute Gasteiger partial charge is 0.276 e. The van der Waals surface area contributed by atoms with Gasteiger partial charge in [-0.25, -0.2) is 10.6 Å². The van der Waals surface area contributed by atoms with Gasteiger partial charge in [-0.3, -0.25) is 9.58 Å². The number of rotatable bonds is 5. The Hall–Kier alpha value is -1.89. The van der Waals surface area contributed by atoms with Gasteiger partial charge in [0.05, 0.1) is 16.6 Å². The first kappa shape index (κ1) is 16.5. The zero-order chi connectivity index (χ0) is 16.3. The fourth-order valence-corrected chi connectivity index (χ4v) is 2.20. The molecular weight excluding hydrogens is 325 g/mol. The fraction of sp³-hybridized carbons (Fsp3) is 0.214. The predicted octanol–water partition coefficient (Wildman–Crippen LogP) is 2.50. The van der Waals surface area contributed by atoms with E-state index >= 15 is 0 Å². The third-order valence-corrected chi connectivity index (χ3v) is 3.70. The standard InChI is InChI=1S/C14H15Cl2N5O/c1-3-7-21(17)13-18-12(20(4-2)14(22)19-13)9-5-6-10(15)11(16)8-9/h3,5-6,8H,1,4,7,17H2,2H3. The van der Waals surface area contributed by atoms with Crippen molar-refractivity contribution >= 4 is 29.2 Å². The van der Waals surface area contributed by atoms with Gasteiger partial charge in [-0.05, 0) is 25.1 Å². The molecule has 0 saturated carbocycles. The van der Waals surface area contributed by atoms with Gasteiger partial charge in [0.2, 0.25) is 5.95 Å². The summed E-state index contributed by atoms with van der Waals surface area (Å²) in [6.45, 7) is 6.15. The summed E-state index contributed by atoms with van der Waals surface area (Å²) in [5.41, 5.74) is 0.220. The van der Waals surface area contributed by atoms with Crippen molar-refractivity contribution in [1.29, 1.82) is 0 Å². The van der Waals surface area contributed by atoms with Crippen LogP contribution in [0.5, 0.6) is 0 Å². The molecule has 0 amide bonds. The zero-order valence-corrected chi connectivity index (χ0v) is 13.5. The highest BCUT2D eigenvalue weighted by Gasteiger charge is 2.14. The third-order valence-electron chi connectivity index (χ3n) is 2.96. The Bertz CT molecular complexity index is 759. The minimum Gasteiger partial charge on any atom is -0.276 e. The maximum Gasteiger partial charge on any atom is 0.352 e. The summed E-state index contributed by atoms with van der Waals surface area (Å²) in [6.07, 6.45) is 1.59. The van der Waals surface area contributed by atoms with Gasteiger partial charge in [-0.1, -0.05) is 29.3 Å². The summed E-state index contributed by atoms with van der Waals surface area (Å²) >= 11 is 12.0. The Kier molecular flexibility index (Phi) is 5.18. The maximum atomic E-state index is 12.2. The van der Waals surface area contributed by atoms with Crippen molar-refractivity contribution in [3.8, 4) is 11.4 Å². The molecule has 0 spiro atoms. The van der Waals surface area contributed by atoms with Crippen molar-refractivity contribution in [3.63, 3.8) is 0 Å². The average molecular weight is 340 g/mol. The second-order valence-corrected chi connectivity index (χ2v) is 5.26. The molecule has 1 aromatic heterocycles. The van der Waals surface area contributed by atoms with Crippen LogP contribution in [0.15, 0.2) is 35.6 Å². The highest BCUT2D eigenvalue weighted by molar-refractivity contribution is 6.42. The fourth-order valence-electron chi connectivity index (χ4n) is 1.91. The number of nitrogens with two attached hydrogens (primary N) is 1. The molecule has 0 atom stereocenters. The first-order valence-electron chi connectivity index (χ1n) is 6.55. The van der Waals surface area contributed by atoms with Crippen LogP contribution in [0.25, 0.3) is 11.4 Å². The Morgan fingerprint density at radius 2 is 2.09 bits per heavy atom. The molecule has 0 saturated heterocycles. The lowest BCUT2D eigenvalue weighted by atomic mass is 10.2. The van der Waals surface area contributed by atoms with Crippen molar-refractivity contribution < 1.29 is 0 Å². The molecule has 116 valence electrons. The summed E-state index contributed by atoms with van der Waals surface area (Å²) in [5, 5.41) is 2.05. The van der Waals surface area contributed by atoms with Crippen molar-refractivity contribution in [2.45, 2.75) is 13.5 Å². The van der Waals surface area contributed by atoms with E-state index in [1.165, 1.54) is 9.58 Å². The highest BCUT2D eigenvalue weighted by atomic mass is 35.5. The molecule has 2 N–H and O–H groups in total. The third kappa shape index (κ3) is 3.30. The van der Waals surface area contributed by atoms with Crippen LogP contribution in [0.1, 0.15) is 6.92 Å².